The van der Waals surface area contributed by atoms with Gasteiger partial charge < -0.3 is 5.73 Å². The van der Waals surface area contributed by atoms with Crippen LogP contribution in [0.15, 0.2) is 18.3 Å². The Hall–Kier alpha value is -2.51. The van der Waals surface area contributed by atoms with E-state index in [-0.39, 0.29) is 23.2 Å². The monoisotopic (exact) mass is 279 g/mol. The maximum Gasteiger partial charge on any atom is 0.333 e. The first-order valence-electron chi connectivity index (χ1n) is 6.06. The van der Waals surface area contributed by atoms with Crippen LogP contribution in [-0.2, 0) is 0 Å². The van der Waals surface area contributed by atoms with Crippen molar-refractivity contribution in [1.82, 2.24) is 14.8 Å². The third-order valence-electron chi connectivity index (χ3n) is 3.05. The van der Waals surface area contributed by atoms with Gasteiger partial charge in [0.15, 0.2) is 0 Å². The molecule has 2 heterocycles. The van der Waals surface area contributed by atoms with E-state index < -0.39 is 10.7 Å². The molecule has 0 aliphatic rings. The Balaban J connectivity index is 2.50. The number of nitrogens with two attached hydrogens (primary N) is 1. The summed E-state index contributed by atoms with van der Waals surface area (Å²) in [5, 5.41) is 15.1. The molecule has 7 nitrogen and oxygen atoms in total. The first kappa shape index (κ1) is 13.9. The fraction of sp³-hybridized carbons (Fsp3) is 0.333. The van der Waals surface area contributed by atoms with Crippen LogP contribution < -0.4 is 5.73 Å². The van der Waals surface area contributed by atoms with Crippen LogP contribution in [-0.4, -0.2) is 19.7 Å². The first-order chi connectivity index (χ1) is 9.45. The van der Waals surface area contributed by atoms with Gasteiger partial charge in [-0.05, 0) is 25.5 Å². The highest BCUT2D eigenvalue weighted by Crippen LogP contribution is 2.31. The lowest BCUT2D eigenvalue weighted by Gasteiger charge is -2.15. The molecule has 0 aromatic carbocycles. The molecule has 2 aromatic rings. The van der Waals surface area contributed by atoms with Crippen LogP contribution in [0.1, 0.15) is 30.8 Å². The molecule has 8 heteroatoms. The van der Waals surface area contributed by atoms with Crippen LogP contribution in [0.2, 0.25) is 0 Å². The van der Waals surface area contributed by atoms with Crippen LogP contribution in [0, 0.1) is 22.9 Å². The van der Waals surface area contributed by atoms with E-state index in [1.807, 2.05) is 6.92 Å². The molecule has 0 bridgehead atoms. The highest BCUT2D eigenvalue weighted by Gasteiger charge is 2.27. The number of rotatable bonds is 4. The van der Waals surface area contributed by atoms with E-state index in [9.17, 15) is 14.5 Å². The van der Waals surface area contributed by atoms with E-state index in [2.05, 4.69) is 10.1 Å². The van der Waals surface area contributed by atoms with E-state index in [1.165, 1.54) is 23.7 Å². The topological polar surface area (TPSA) is 99.9 Å². The number of pyridine rings is 1. The smallest absolute Gasteiger partial charge is 0.333 e. The second-order valence-electron chi connectivity index (χ2n) is 4.35. The van der Waals surface area contributed by atoms with Crippen molar-refractivity contribution in [3.63, 3.8) is 0 Å². The molecule has 2 aromatic heterocycles. The summed E-state index contributed by atoms with van der Waals surface area (Å²) in [5.74, 6) is -0.468. The standard InChI is InChI=1S/C12H14FN5O2/c1-3-10(9-5-4-8(13)6-15-9)17-12(14)11(18(19)20)7(2)16-17/h4-6,10H,3,14H2,1-2H3. The summed E-state index contributed by atoms with van der Waals surface area (Å²) in [4.78, 5) is 14.4. The highest BCUT2D eigenvalue weighted by atomic mass is 19.1. The average molecular weight is 279 g/mol. The molecule has 0 saturated heterocycles. The quantitative estimate of drug-likeness (QED) is 0.683. The van der Waals surface area contributed by atoms with Gasteiger partial charge in [0.25, 0.3) is 0 Å². The van der Waals surface area contributed by atoms with Gasteiger partial charge in [-0.25, -0.2) is 9.07 Å². The van der Waals surface area contributed by atoms with Gasteiger partial charge in [-0.15, -0.1) is 0 Å². The van der Waals surface area contributed by atoms with Crippen molar-refractivity contribution in [2.75, 3.05) is 5.73 Å². The van der Waals surface area contributed by atoms with Crippen molar-refractivity contribution in [2.24, 2.45) is 0 Å². The lowest BCUT2D eigenvalue weighted by molar-refractivity contribution is -0.384. The maximum atomic E-state index is 12.9. The Bertz CT molecular complexity index is 638. The summed E-state index contributed by atoms with van der Waals surface area (Å²) < 4.78 is 14.3. The number of anilines is 1. The van der Waals surface area contributed by atoms with E-state index in [1.54, 1.807) is 0 Å². The van der Waals surface area contributed by atoms with Gasteiger partial charge in [-0.1, -0.05) is 6.92 Å². The summed E-state index contributed by atoms with van der Waals surface area (Å²) in [6, 6.07) is 2.43. The van der Waals surface area contributed by atoms with Gasteiger partial charge in [-0.2, -0.15) is 5.10 Å². The van der Waals surface area contributed by atoms with Crippen LogP contribution in [0.3, 0.4) is 0 Å². The number of nitrogen functional groups attached to an aromatic ring is 1. The minimum absolute atomic E-state index is 0.0227. The van der Waals surface area contributed by atoms with Crippen molar-refractivity contribution >= 4 is 11.5 Å². The number of nitro groups is 1. The minimum Gasteiger partial charge on any atom is -0.378 e. The predicted octanol–water partition coefficient (Wildman–Crippen LogP) is 2.22. The van der Waals surface area contributed by atoms with Crippen LogP contribution in [0.5, 0.6) is 0 Å². The van der Waals surface area contributed by atoms with Crippen molar-refractivity contribution in [3.05, 3.63) is 45.6 Å². The normalized spacial score (nSPS) is 12.3. The zero-order chi connectivity index (χ0) is 14.9. The second kappa shape index (κ2) is 5.24. The molecule has 20 heavy (non-hydrogen) atoms. The summed E-state index contributed by atoms with van der Waals surface area (Å²) in [7, 11) is 0. The summed E-state index contributed by atoms with van der Waals surface area (Å²) in [6.07, 6.45) is 1.67. The van der Waals surface area contributed by atoms with Gasteiger partial charge in [0.05, 0.1) is 22.9 Å². The highest BCUT2D eigenvalue weighted by molar-refractivity contribution is 5.56. The van der Waals surface area contributed by atoms with Crippen molar-refractivity contribution in [1.29, 1.82) is 0 Å². The van der Waals surface area contributed by atoms with Gasteiger partial charge in [-0.3, -0.25) is 15.1 Å². The molecule has 106 valence electrons. The Morgan fingerprint density at radius 1 is 1.55 bits per heavy atom. The molecule has 0 fully saturated rings. The molecule has 1 atom stereocenters. The van der Waals surface area contributed by atoms with Crippen LogP contribution in [0.25, 0.3) is 0 Å². The average Bonchev–Trinajstić information content (AvgIpc) is 2.68. The number of nitrogens with zero attached hydrogens (tertiary/aromatic N) is 4. The van der Waals surface area contributed by atoms with E-state index in [0.717, 1.165) is 6.20 Å². The van der Waals surface area contributed by atoms with Crippen molar-refractivity contribution in [3.8, 4) is 0 Å². The lowest BCUT2D eigenvalue weighted by Crippen LogP contribution is -2.15. The Kier molecular flexibility index (Phi) is 3.64. The zero-order valence-corrected chi connectivity index (χ0v) is 11.1. The van der Waals surface area contributed by atoms with Gasteiger partial charge in [0.2, 0.25) is 5.82 Å². The molecule has 2 N–H and O–H groups in total. The van der Waals surface area contributed by atoms with E-state index in [4.69, 9.17) is 5.73 Å². The lowest BCUT2D eigenvalue weighted by atomic mass is 10.1. The largest absolute Gasteiger partial charge is 0.378 e. The number of aryl methyl sites for hydroxylation is 1. The Morgan fingerprint density at radius 3 is 2.70 bits per heavy atom. The van der Waals surface area contributed by atoms with E-state index in [0.29, 0.717) is 12.1 Å². The number of aromatic nitrogens is 3. The Morgan fingerprint density at radius 2 is 2.25 bits per heavy atom. The fourth-order valence-electron chi connectivity index (χ4n) is 2.11. The Labute approximate surface area is 114 Å². The maximum absolute atomic E-state index is 12.9. The van der Waals surface area contributed by atoms with Crippen molar-refractivity contribution < 1.29 is 9.31 Å². The summed E-state index contributed by atoms with van der Waals surface area (Å²) in [5.41, 5.74) is 6.40. The number of hydrogen-bond acceptors (Lipinski definition) is 5. The molecular weight excluding hydrogens is 265 g/mol. The van der Waals surface area contributed by atoms with Gasteiger partial charge in [0, 0.05) is 0 Å². The molecule has 0 aliphatic carbocycles. The van der Waals surface area contributed by atoms with Gasteiger partial charge in [0.1, 0.15) is 11.5 Å². The molecule has 0 aliphatic heterocycles. The van der Waals surface area contributed by atoms with Crippen LogP contribution >= 0.6 is 0 Å². The molecule has 1 unspecified atom stereocenters. The summed E-state index contributed by atoms with van der Waals surface area (Å²) >= 11 is 0. The predicted molar refractivity (Wildman–Crippen MR) is 70.7 cm³/mol. The van der Waals surface area contributed by atoms with E-state index >= 15 is 0 Å². The summed E-state index contributed by atoms with van der Waals surface area (Å²) in [6.45, 7) is 3.40. The molecular formula is C12H14FN5O2. The third-order valence-corrected chi connectivity index (χ3v) is 3.05. The van der Waals surface area contributed by atoms with Crippen molar-refractivity contribution in [2.45, 2.75) is 26.3 Å². The first-order valence-corrected chi connectivity index (χ1v) is 6.06. The minimum atomic E-state index is -0.557. The molecule has 0 saturated carbocycles. The zero-order valence-electron chi connectivity index (χ0n) is 11.1. The molecule has 0 radical (unpaired) electrons. The number of halogens is 1. The molecule has 2 rings (SSSR count). The number of hydrogen-bond donors (Lipinski definition) is 1. The SMILES string of the molecule is CCC(c1ccc(F)cn1)n1nc(C)c([N+](=O)[O-])c1N. The second-order valence-corrected chi connectivity index (χ2v) is 4.35. The molecule has 0 spiro atoms. The third kappa shape index (κ3) is 2.31. The fourth-order valence-corrected chi connectivity index (χ4v) is 2.11. The van der Waals surface area contributed by atoms with Gasteiger partial charge >= 0.3 is 5.69 Å². The molecule has 0 amide bonds. The van der Waals surface area contributed by atoms with Crippen LogP contribution in [0.4, 0.5) is 15.9 Å².